The van der Waals surface area contributed by atoms with Crippen molar-refractivity contribution in [1.29, 1.82) is 0 Å². The molecule has 21 heavy (non-hydrogen) atoms. The van der Waals surface area contributed by atoms with Crippen LogP contribution in [0.4, 0.5) is 0 Å². The van der Waals surface area contributed by atoms with E-state index in [4.69, 9.17) is 14.2 Å². The van der Waals surface area contributed by atoms with Crippen LogP contribution in [-0.4, -0.2) is 48.9 Å². The van der Waals surface area contributed by atoms with Gasteiger partial charge in [-0.1, -0.05) is 24.3 Å². The average molecular weight is 295 g/mol. The van der Waals surface area contributed by atoms with Crippen molar-refractivity contribution in [3.63, 3.8) is 0 Å². The maximum atomic E-state index is 9.44. The van der Waals surface area contributed by atoms with Gasteiger partial charge in [-0.3, -0.25) is 4.90 Å². The highest BCUT2D eigenvalue weighted by atomic mass is 16.7. The minimum absolute atomic E-state index is 0.0457. The average Bonchev–Trinajstić information content (AvgIpc) is 2.47. The van der Waals surface area contributed by atoms with Crippen LogP contribution in [0.3, 0.4) is 0 Å². The van der Waals surface area contributed by atoms with E-state index in [9.17, 15) is 5.11 Å². The van der Waals surface area contributed by atoms with Gasteiger partial charge in [0, 0.05) is 20.2 Å². The summed E-state index contributed by atoms with van der Waals surface area (Å²) in [6.45, 7) is 6.10. The minimum atomic E-state index is -0.384. The fraction of sp³-hybridized carbons (Fsp3) is 0.625. The molecule has 1 heterocycles. The zero-order chi connectivity index (χ0) is 15.2. The molecule has 0 saturated carbocycles. The van der Waals surface area contributed by atoms with Crippen molar-refractivity contribution in [2.24, 2.45) is 0 Å². The summed E-state index contributed by atoms with van der Waals surface area (Å²) in [4.78, 5) is 2.19. The van der Waals surface area contributed by atoms with Gasteiger partial charge in [-0.2, -0.15) is 0 Å². The van der Waals surface area contributed by atoms with Gasteiger partial charge in [0.05, 0.1) is 19.3 Å². The van der Waals surface area contributed by atoms with Gasteiger partial charge in [-0.15, -0.1) is 0 Å². The first-order chi connectivity index (χ1) is 10.2. The lowest BCUT2D eigenvalue weighted by Gasteiger charge is -2.40. The molecular formula is C16H25NO4. The first kappa shape index (κ1) is 16.4. The lowest BCUT2D eigenvalue weighted by Crippen LogP contribution is -2.53. The molecule has 0 amide bonds. The Bertz CT molecular complexity index is 438. The highest BCUT2D eigenvalue weighted by Gasteiger charge is 2.34. The highest BCUT2D eigenvalue weighted by Crippen LogP contribution is 2.21. The number of hydrogen-bond donors (Lipinski definition) is 1. The predicted octanol–water partition coefficient (Wildman–Crippen LogP) is 1.73. The number of aliphatic hydroxyl groups excluding tert-OH is 1. The van der Waals surface area contributed by atoms with Crippen molar-refractivity contribution < 1.29 is 19.3 Å². The Labute approximate surface area is 126 Å². The Hall–Kier alpha value is -0.980. The lowest BCUT2D eigenvalue weighted by molar-refractivity contribution is -0.280. The van der Waals surface area contributed by atoms with Crippen LogP contribution in [0, 0.1) is 0 Å². The molecule has 118 valence electrons. The van der Waals surface area contributed by atoms with E-state index in [0.717, 1.165) is 17.7 Å². The Balaban J connectivity index is 2.10. The number of benzene rings is 1. The van der Waals surface area contributed by atoms with Gasteiger partial charge in [-0.25, -0.2) is 0 Å². The van der Waals surface area contributed by atoms with Crippen molar-refractivity contribution in [1.82, 2.24) is 4.90 Å². The van der Waals surface area contributed by atoms with Gasteiger partial charge in [0.25, 0.3) is 0 Å². The Morgan fingerprint density at radius 3 is 2.67 bits per heavy atom. The third-order valence-electron chi connectivity index (χ3n) is 3.56. The zero-order valence-electron chi connectivity index (χ0n) is 13.0. The number of methoxy groups -OCH3 is 1. The van der Waals surface area contributed by atoms with Crippen molar-refractivity contribution in [2.75, 3.05) is 20.3 Å². The van der Waals surface area contributed by atoms with E-state index in [2.05, 4.69) is 4.90 Å². The molecule has 0 bridgehead atoms. The Morgan fingerprint density at radius 1 is 1.33 bits per heavy atom. The molecule has 0 aromatic heterocycles. The van der Waals surface area contributed by atoms with Gasteiger partial charge in [-0.05, 0) is 25.0 Å². The van der Waals surface area contributed by atoms with Gasteiger partial charge in [0.15, 0.2) is 12.5 Å². The smallest absolute Gasteiger partial charge is 0.197 e. The van der Waals surface area contributed by atoms with E-state index in [1.54, 1.807) is 7.11 Å². The molecule has 5 heteroatoms. The van der Waals surface area contributed by atoms with Crippen LogP contribution in [0.15, 0.2) is 24.3 Å². The number of hydrogen-bond acceptors (Lipinski definition) is 5. The van der Waals surface area contributed by atoms with Crippen molar-refractivity contribution in [2.45, 2.75) is 45.6 Å². The van der Waals surface area contributed by atoms with Gasteiger partial charge in [0.2, 0.25) is 0 Å². The third kappa shape index (κ3) is 4.25. The fourth-order valence-corrected chi connectivity index (χ4v) is 2.56. The Kier molecular flexibility index (Phi) is 6.14. The van der Waals surface area contributed by atoms with Crippen molar-refractivity contribution >= 4 is 0 Å². The van der Waals surface area contributed by atoms with E-state index >= 15 is 0 Å². The molecular weight excluding hydrogens is 270 g/mol. The predicted molar refractivity (Wildman–Crippen MR) is 79.5 cm³/mol. The van der Waals surface area contributed by atoms with E-state index in [1.165, 1.54) is 0 Å². The van der Waals surface area contributed by atoms with Gasteiger partial charge >= 0.3 is 0 Å². The van der Waals surface area contributed by atoms with Gasteiger partial charge < -0.3 is 19.3 Å². The second kappa shape index (κ2) is 7.87. The number of ether oxygens (including phenoxy) is 3. The molecule has 1 aliphatic rings. The van der Waals surface area contributed by atoms with Crippen LogP contribution in [0.2, 0.25) is 0 Å². The summed E-state index contributed by atoms with van der Waals surface area (Å²) in [5.41, 5.74) is 2.05. The minimum Gasteiger partial charge on any atom is -0.392 e. The molecule has 0 spiro atoms. The number of aliphatic hydroxyl groups is 1. The molecule has 0 aliphatic carbocycles. The molecule has 5 nitrogen and oxygen atoms in total. The normalized spacial score (nSPS) is 23.7. The fourth-order valence-electron chi connectivity index (χ4n) is 2.56. The SMILES string of the molecule is COC1C(OC(C)C)OCCN1Cc1ccccc1CO. The van der Waals surface area contributed by atoms with Crippen LogP contribution in [-0.2, 0) is 27.4 Å². The lowest BCUT2D eigenvalue weighted by atomic mass is 10.1. The topological polar surface area (TPSA) is 51.2 Å². The van der Waals surface area contributed by atoms with E-state index in [0.29, 0.717) is 13.2 Å². The number of rotatable bonds is 6. The van der Waals surface area contributed by atoms with Crippen LogP contribution in [0.25, 0.3) is 0 Å². The third-order valence-corrected chi connectivity index (χ3v) is 3.56. The molecule has 1 aliphatic heterocycles. The summed E-state index contributed by atoms with van der Waals surface area (Å²) in [6.07, 6.45) is -0.546. The molecule has 2 unspecified atom stereocenters. The van der Waals surface area contributed by atoms with Gasteiger partial charge in [0.1, 0.15) is 0 Å². The standard InChI is InChI=1S/C16H25NO4/c1-12(2)21-16-15(19-3)17(8-9-20-16)10-13-6-4-5-7-14(13)11-18/h4-7,12,15-16,18H,8-11H2,1-3H3. The van der Waals surface area contributed by atoms with Crippen LogP contribution in [0.1, 0.15) is 25.0 Å². The zero-order valence-corrected chi connectivity index (χ0v) is 13.0. The molecule has 0 radical (unpaired) electrons. The summed E-state index contributed by atoms with van der Waals surface area (Å²) in [5.74, 6) is 0. The summed E-state index contributed by atoms with van der Waals surface area (Å²) in [7, 11) is 1.67. The first-order valence-corrected chi connectivity index (χ1v) is 7.37. The van der Waals surface area contributed by atoms with Crippen LogP contribution < -0.4 is 0 Å². The maximum Gasteiger partial charge on any atom is 0.197 e. The van der Waals surface area contributed by atoms with Crippen molar-refractivity contribution in [3.05, 3.63) is 35.4 Å². The Morgan fingerprint density at radius 2 is 2.05 bits per heavy atom. The van der Waals surface area contributed by atoms with Crippen LogP contribution >= 0.6 is 0 Å². The quantitative estimate of drug-likeness (QED) is 0.866. The summed E-state index contributed by atoms with van der Waals surface area (Å²) < 4.78 is 17.0. The first-order valence-electron chi connectivity index (χ1n) is 7.37. The summed E-state index contributed by atoms with van der Waals surface area (Å²) >= 11 is 0. The molecule has 1 N–H and O–H groups in total. The van der Waals surface area contributed by atoms with Crippen molar-refractivity contribution in [3.8, 4) is 0 Å². The second-order valence-corrected chi connectivity index (χ2v) is 5.45. The number of nitrogens with zero attached hydrogens (tertiary/aromatic N) is 1. The summed E-state index contributed by atoms with van der Waals surface area (Å²) in [6, 6.07) is 7.90. The molecule has 1 aromatic rings. The second-order valence-electron chi connectivity index (χ2n) is 5.45. The van der Waals surface area contributed by atoms with E-state index < -0.39 is 0 Å². The number of morpholine rings is 1. The highest BCUT2D eigenvalue weighted by molar-refractivity contribution is 5.26. The maximum absolute atomic E-state index is 9.44. The largest absolute Gasteiger partial charge is 0.392 e. The molecule has 1 saturated heterocycles. The monoisotopic (exact) mass is 295 g/mol. The molecule has 2 atom stereocenters. The molecule has 1 aromatic carbocycles. The summed E-state index contributed by atoms with van der Waals surface area (Å²) in [5, 5.41) is 9.44. The molecule has 1 fully saturated rings. The van der Waals surface area contributed by atoms with Crippen LogP contribution in [0.5, 0.6) is 0 Å². The van der Waals surface area contributed by atoms with E-state index in [1.807, 2.05) is 38.1 Å². The van der Waals surface area contributed by atoms with E-state index in [-0.39, 0.29) is 25.2 Å². The molecule has 2 rings (SSSR count).